The Balaban J connectivity index is 2.18. The van der Waals surface area contributed by atoms with Gasteiger partial charge < -0.3 is 14.4 Å². The molecule has 0 bridgehead atoms. The number of likely N-dealkylation sites (tertiary alicyclic amines) is 1. The highest BCUT2D eigenvalue weighted by Gasteiger charge is 2.54. The van der Waals surface area contributed by atoms with E-state index >= 15 is 4.39 Å². The van der Waals surface area contributed by atoms with E-state index in [2.05, 4.69) is 0 Å². The van der Waals surface area contributed by atoms with E-state index in [9.17, 15) is 4.79 Å². The molecule has 136 valence electrons. The Morgan fingerprint density at radius 3 is 2.04 bits per heavy atom. The van der Waals surface area contributed by atoms with Gasteiger partial charge in [-0.05, 0) is 38.7 Å². The fraction of sp³-hybridized carbons (Fsp3) is 0.824. The summed E-state index contributed by atoms with van der Waals surface area (Å²) in [7, 11) is -1.01. The molecule has 2 heterocycles. The average Bonchev–Trinajstić information content (AvgIpc) is 2.54. The molecule has 0 aromatic carbocycles. The second kappa shape index (κ2) is 6.11. The van der Waals surface area contributed by atoms with Crippen molar-refractivity contribution in [3.8, 4) is 0 Å². The lowest BCUT2D eigenvalue weighted by Crippen LogP contribution is -2.51. The Hall–Kier alpha value is -0.915. The predicted molar refractivity (Wildman–Crippen MR) is 91.2 cm³/mol. The molecule has 0 aromatic rings. The zero-order valence-corrected chi connectivity index (χ0v) is 15.8. The van der Waals surface area contributed by atoms with E-state index in [0.717, 1.165) is 0 Å². The summed E-state index contributed by atoms with van der Waals surface area (Å²) in [6.07, 6.45) is 0. The number of halogens is 1. The molecular weight excluding hydrogens is 312 g/mol. The molecule has 0 unspecified atom stereocenters. The maximum absolute atomic E-state index is 15.2. The van der Waals surface area contributed by atoms with Crippen LogP contribution in [0.4, 0.5) is 4.39 Å². The Kier molecular flexibility index (Phi) is 4.94. The molecule has 1 N–H and O–H groups in total. The lowest BCUT2D eigenvalue weighted by atomic mass is 9.75. The highest BCUT2D eigenvalue weighted by Crippen LogP contribution is 2.41. The minimum absolute atomic E-state index is 0.355. The van der Waals surface area contributed by atoms with Gasteiger partial charge in [-0.1, -0.05) is 20.8 Å². The average molecular weight is 341 g/mol. The van der Waals surface area contributed by atoms with E-state index in [1.807, 2.05) is 53.4 Å². The number of hydrogen-bond acceptors (Lipinski definition) is 4. The van der Waals surface area contributed by atoms with Gasteiger partial charge in [0.1, 0.15) is 5.73 Å². The zero-order chi connectivity index (χ0) is 18.5. The van der Waals surface area contributed by atoms with Gasteiger partial charge in [0.2, 0.25) is 0 Å². The van der Waals surface area contributed by atoms with Crippen LogP contribution in [0.3, 0.4) is 0 Å². The van der Waals surface area contributed by atoms with Gasteiger partial charge in [0, 0.05) is 19.6 Å². The smallest absolute Gasteiger partial charge is 0.481 e. The second-order valence-electron chi connectivity index (χ2n) is 8.89. The molecule has 24 heavy (non-hydrogen) atoms. The summed E-state index contributed by atoms with van der Waals surface area (Å²) in [5.74, 6) is -1.15. The monoisotopic (exact) mass is 341 g/mol. The first-order valence-corrected chi connectivity index (χ1v) is 8.44. The Bertz CT molecular complexity index is 531. The van der Waals surface area contributed by atoms with E-state index in [1.165, 1.54) is 0 Å². The summed E-state index contributed by atoms with van der Waals surface area (Å²) in [6, 6.07) is 0. The summed E-state index contributed by atoms with van der Waals surface area (Å²) >= 11 is 0. The van der Waals surface area contributed by atoms with Gasteiger partial charge in [0.25, 0.3) is 0 Å². The molecule has 2 saturated heterocycles. The molecule has 0 amide bonds. The Morgan fingerprint density at radius 1 is 1.21 bits per heavy atom. The molecule has 0 aliphatic carbocycles. The van der Waals surface area contributed by atoms with Crippen molar-refractivity contribution in [2.45, 2.75) is 59.7 Å². The molecule has 2 aliphatic heterocycles. The summed E-state index contributed by atoms with van der Waals surface area (Å²) in [5.41, 5.74) is -1.38. The molecule has 0 atom stereocenters. The molecule has 7 heteroatoms. The van der Waals surface area contributed by atoms with Gasteiger partial charge in [-0.25, -0.2) is 4.39 Å². The van der Waals surface area contributed by atoms with Crippen LogP contribution in [-0.2, 0) is 14.1 Å². The molecule has 2 fully saturated rings. The van der Waals surface area contributed by atoms with Crippen molar-refractivity contribution in [2.24, 2.45) is 11.3 Å². The lowest BCUT2D eigenvalue weighted by Gasteiger charge is -2.39. The normalized spacial score (nSPS) is 25.4. The minimum Gasteiger partial charge on any atom is -0.481 e. The minimum atomic E-state index is -1.01. The maximum Gasteiger partial charge on any atom is 0.525 e. The third-order valence-electron chi connectivity index (χ3n) is 5.34. The number of carbonyl (C=O) groups is 1. The third-order valence-corrected chi connectivity index (χ3v) is 5.34. The number of hydrogen-bond donors (Lipinski definition) is 1. The van der Waals surface area contributed by atoms with Crippen molar-refractivity contribution in [3.05, 3.63) is 11.3 Å². The van der Waals surface area contributed by atoms with E-state index in [-0.39, 0.29) is 11.6 Å². The van der Waals surface area contributed by atoms with Crippen LogP contribution in [0.5, 0.6) is 0 Å². The lowest BCUT2D eigenvalue weighted by molar-refractivity contribution is -0.147. The standard InChI is InChI=1S/C17H29BFNO4/c1-15(2,3)12(10-20-8-11(9-20)14(21)22)13(19)18-23-16(4,5)17(6,7)24-18/h11H,8-10H2,1-7H3,(H,21,22). The van der Waals surface area contributed by atoms with E-state index in [1.54, 1.807) is 0 Å². The summed E-state index contributed by atoms with van der Waals surface area (Å²) < 4.78 is 26.9. The first-order valence-electron chi connectivity index (χ1n) is 8.44. The quantitative estimate of drug-likeness (QED) is 0.797. The molecule has 0 spiro atoms. The van der Waals surface area contributed by atoms with Crippen LogP contribution in [0.15, 0.2) is 11.3 Å². The number of carboxylic acids is 1. The van der Waals surface area contributed by atoms with Crippen molar-refractivity contribution in [2.75, 3.05) is 19.6 Å². The molecule has 2 aliphatic rings. The van der Waals surface area contributed by atoms with Crippen molar-refractivity contribution in [1.82, 2.24) is 4.90 Å². The van der Waals surface area contributed by atoms with Crippen LogP contribution in [0.25, 0.3) is 0 Å². The number of aliphatic carboxylic acids is 1. The summed E-state index contributed by atoms with van der Waals surface area (Å²) in [6.45, 7) is 14.7. The van der Waals surface area contributed by atoms with Crippen LogP contribution in [0.2, 0.25) is 0 Å². The molecule has 0 radical (unpaired) electrons. The first kappa shape index (κ1) is 19.4. The summed E-state index contributed by atoms with van der Waals surface area (Å²) in [5, 5.41) is 8.99. The molecule has 0 saturated carbocycles. The molecule has 2 rings (SSSR count). The van der Waals surface area contributed by atoms with Crippen LogP contribution in [0, 0.1) is 11.3 Å². The van der Waals surface area contributed by atoms with E-state index in [4.69, 9.17) is 14.4 Å². The SMILES string of the molecule is CC(C)(C)C(CN1CC(C(=O)O)C1)=C(F)B1OC(C)(C)C(C)(C)O1. The Morgan fingerprint density at radius 2 is 1.67 bits per heavy atom. The van der Waals surface area contributed by atoms with Crippen LogP contribution in [-0.4, -0.2) is 53.9 Å². The fourth-order valence-corrected chi connectivity index (χ4v) is 2.84. The van der Waals surface area contributed by atoms with Crippen LogP contribution >= 0.6 is 0 Å². The van der Waals surface area contributed by atoms with Gasteiger partial charge in [0.05, 0.1) is 17.1 Å². The van der Waals surface area contributed by atoms with Gasteiger partial charge in [-0.2, -0.15) is 0 Å². The summed E-state index contributed by atoms with van der Waals surface area (Å²) in [4.78, 5) is 12.9. The zero-order valence-electron chi connectivity index (χ0n) is 15.8. The molecule has 5 nitrogen and oxygen atoms in total. The van der Waals surface area contributed by atoms with E-state index < -0.39 is 29.7 Å². The molecular formula is C17H29BFNO4. The second-order valence-corrected chi connectivity index (χ2v) is 8.89. The van der Waals surface area contributed by atoms with Gasteiger partial charge in [-0.3, -0.25) is 9.69 Å². The number of rotatable bonds is 4. The topological polar surface area (TPSA) is 59.0 Å². The van der Waals surface area contributed by atoms with Gasteiger partial charge in [0.15, 0.2) is 0 Å². The fourth-order valence-electron chi connectivity index (χ4n) is 2.84. The van der Waals surface area contributed by atoms with Crippen LogP contribution in [0.1, 0.15) is 48.5 Å². The number of carboxylic acid groups (broad SMARTS) is 1. The molecule has 0 aromatic heterocycles. The van der Waals surface area contributed by atoms with Gasteiger partial charge in [-0.15, -0.1) is 0 Å². The van der Waals surface area contributed by atoms with E-state index in [0.29, 0.717) is 25.2 Å². The predicted octanol–water partition coefficient (Wildman–Crippen LogP) is 2.90. The van der Waals surface area contributed by atoms with Crippen molar-refractivity contribution in [3.63, 3.8) is 0 Å². The largest absolute Gasteiger partial charge is 0.525 e. The highest BCUT2D eigenvalue weighted by atomic mass is 19.1. The van der Waals surface area contributed by atoms with Crippen LogP contribution < -0.4 is 0 Å². The van der Waals surface area contributed by atoms with Crippen molar-refractivity contribution >= 4 is 13.1 Å². The third kappa shape index (κ3) is 3.68. The van der Waals surface area contributed by atoms with Gasteiger partial charge >= 0.3 is 13.1 Å². The maximum atomic E-state index is 15.2. The Labute approximate surface area is 144 Å². The number of nitrogens with zero attached hydrogens (tertiary/aromatic N) is 1. The first-order chi connectivity index (χ1) is 10.7. The van der Waals surface area contributed by atoms with Crippen molar-refractivity contribution < 1.29 is 23.6 Å². The highest BCUT2D eigenvalue weighted by molar-refractivity contribution is 6.53. The van der Waals surface area contributed by atoms with Crippen molar-refractivity contribution in [1.29, 1.82) is 0 Å².